The number of benzene rings is 3. The molecule has 0 aliphatic carbocycles. The number of rotatable bonds is 8. The van der Waals surface area contributed by atoms with E-state index in [0.29, 0.717) is 33.1 Å². The van der Waals surface area contributed by atoms with Crippen LogP contribution in [-0.4, -0.2) is 36.7 Å². The van der Waals surface area contributed by atoms with Gasteiger partial charge in [-0.25, -0.2) is 18.5 Å². The molecule has 0 saturated carbocycles. The van der Waals surface area contributed by atoms with Crippen LogP contribution in [0.2, 0.25) is 0 Å². The van der Waals surface area contributed by atoms with Crippen LogP contribution in [0.4, 0.5) is 5.69 Å². The molecule has 0 fully saturated rings. The topological polar surface area (TPSA) is 133 Å². The molecule has 36 heavy (non-hydrogen) atoms. The number of anilines is 1. The summed E-state index contributed by atoms with van der Waals surface area (Å²) in [5.41, 5.74) is 2.03. The number of ether oxygens (including phenoxy) is 1. The normalized spacial score (nSPS) is 11.4. The molecule has 0 spiro atoms. The molecular weight excluding hydrogens is 500 g/mol. The lowest BCUT2D eigenvalue weighted by Crippen LogP contribution is -2.25. The molecule has 9 nitrogen and oxygen atoms in total. The Hall–Kier alpha value is -3.67. The van der Waals surface area contributed by atoms with Gasteiger partial charge in [-0.1, -0.05) is 42.1 Å². The number of sulfonamides is 1. The van der Waals surface area contributed by atoms with Gasteiger partial charge >= 0.3 is 0 Å². The first-order chi connectivity index (χ1) is 17.2. The van der Waals surface area contributed by atoms with Crippen LogP contribution in [0.15, 0.2) is 81.6 Å². The van der Waals surface area contributed by atoms with Crippen LogP contribution in [0.25, 0.3) is 10.9 Å². The fourth-order valence-electron chi connectivity index (χ4n) is 3.71. The van der Waals surface area contributed by atoms with E-state index in [-0.39, 0.29) is 22.8 Å². The Labute approximate surface area is 212 Å². The zero-order valence-corrected chi connectivity index (χ0v) is 21.2. The predicted octanol–water partition coefficient (Wildman–Crippen LogP) is 3.14. The minimum atomic E-state index is -3.92. The van der Waals surface area contributed by atoms with Crippen LogP contribution < -0.4 is 20.8 Å². The van der Waals surface area contributed by atoms with Crippen molar-refractivity contribution < 1.29 is 17.9 Å². The second-order valence-electron chi connectivity index (χ2n) is 8.03. The summed E-state index contributed by atoms with van der Waals surface area (Å²) in [6.45, 7) is 1.91. The summed E-state index contributed by atoms with van der Waals surface area (Å²) in [6, 6.07) is 18.8. The Balaban J connectivity index is 1.62. The van der Waals surface area contributed by atoms with Crippen LogP contribution in [0.5, 0.6) is 5.75 Å². The van der Waals surface area contributed by atoms with E-state index in [0.717, 1.165) is 17.3 Å². The molecule has 186 valence electrons. The van der Waals surface area contributed by atoms with Gasteiger partial charge in [0, 0.05) is 11.3 Å². The van der Waals surface area contributed by atoms with Crippen LogP contribution in [0.3, 0.4) is 0 Å². The first-order valence-electron chi connectivity index (χ1n) is 10.8. The van der Waals surface area contributed by atoms with Crippen molar-refractivity contribution in [1.29, 1.82) is 0 Å². The van der Waals surface area contributed by atoms with Crippen molar-refractivity contribution in [2.75, 3.05) is 18.2 Å². The van der Waals surface area contributed by atoms with E-state index in [1.807, 2.05) is 24.3 Å². The van der Waals surface area contributed by atoms with Gasteiger partial charge in [-0.05, 0) is 48.9 Å². The Morgan fingerprint density at radius 1 is 1.11 bits per heavy atom. The van der Waals surface area contributed by atoms with E-state index in [4.69, 9.17) is 9.88 Å². The molecule has 0 unspecified atom stereocenters. The maximum Gasteiger partial charge on any atom is 0.262 e. The van der Waals surface area contributed by atoms with Gasteiger partial charge in [0.2, 0.25) is 15.9 Å². The smallest absolute Gasteiger partial charge is 0.262 e. The van der Waals surface area contributed by atoms with Gasteiger partial charge in [0.15, 0.2) is 5.16 Å². The number of carbonyl (C=O) groups excluding carboxylic acids is 1. The number of amides is 1. The number of nitrogens with one attached hydrogen (secondary N) is 1. The number of para-hydroxylation sites is 2. The minimum Gasteiger partial charge on any atom is -0.496 e. The molecule has 11 heteroatoms. The minimum absolute atomic E-state index is 0.0602. The summed E-state index contributed by atoms with van der Waals surface area (Å²) in [5.74, 6) is 0.184. The molecule has 0 saturated heterocycles. The molecule has 0 aliphatic heterocycles. The summed E-state index contributed by atoms with van der Waals surface area (Å²) in [6.07, 6.45) is 0. The highest BCUT2D eigenvalue weighted by atomic mass is 32.2. The SMILES string of the molecule is COc1ccccc1Cn1c(SCC(=O)Nc2cc(C)cc(S(N)(=O)=O)c2)nc2ccccc2c1=O. The lowest BCUT2D eigenvalue weighted by Gasteiger charge is -2.15. The van der Waals surface area contributed by atoms with Crippen molar-refractivity contribution >= 4 is 44.3 Å². The van der Waals surface area contributed by atoms with Gasteiger partial charge in [-0.3, -0.25) is 14.2 Å². The van der Waals surface area contributed by atoms with Crippen molar-refractivity contribution in [2.24, 2.45) is 5.14 Å². The van der Waals surface area contributed by atoms with Crippen molar-refractivity contribution in [3.63, 3.8) is 0 Å². The van der Waals surface area contributed by atoms with Gasteiger partial charge in [-0.2, -0.15) is 0 Å². The Morgan fingerprint density at radius 2 is 1.83 bits per heavy atom. The van der Waals surface area contributed by atoms with E-state index >= 15 is 0 Å². The molecule has 0 atom stereocenters. The second kappa shape index (κ2) is 10.5. The number of nitrogens with zero attached hydrogens (tertiary/aromatic N) is 2. The monoisotopic (exact) mass is 524 g/mol. The molecule has 4 rings (SSSR count). The zero-order valence-electron chi connectivity index (χ0n) is 19.6. The zero-order chi connectivity index (χ0) is 25.9. The number of methoxy groups -OCH3 is 1. The number of hydrogen-bond donors (Lipinski definition) is 2. The maximum atomic E-state index is 13.4. The third-order valence-corrected chi connectivity index (χ3v) is 7.21. The van der Waals surface area contributed by atoms with Crippen LogP contribution >= 0.6 is 11.8 Å². The molecule has 0 radical (unpaired) electrons. The van der Waals surface area contributed by atoms with Gasteiger partial charge < -0.3 is 10.1 Å². The fraction of sp³-hybridized carbons (Fsp3) is 0.160. The number of thioether (sulfide) groups is 1. The molecule has 1 heterocycles. The number of aromatic nitrogens is 2. The third-order valence-electron chi connectivity index (χ3n) is 5.34. The Morgan fingerprint density at radius 3 is 2.58 bits per heavy atom. The van der Waals surface area contributed by atoms with E-state index < -0.39 is 15.9 Å². The van der Waals surface area contributed by atoms with E-state index in [2.05, 4.69) is 10.3 Å². The van der Waals surface area contributed by atoms with Crippen LogP contribution in [0, 0.1) is 6.92 Å². The summed E-state index contributed by atoms with van der Waals surface area (Å²) in [5, 5.41) is 8.75. The molecule has 0 bridgehead atoms. The molecule has 3 aromatic carbocycles. The van der Waals surface area contributed by atoms with Gasteiger partial charge in [0.05, 0.1) is 35.2 Å². The molecule has 0 aliphatic rings. The van der Waals surface area contributed by atoms with Crippen molar-refractivity contribution in [3.8, 4) is 5.75 Å². The fourth-order valence-corrected chi connectivity index (χ4v) is 5.15. The number of nitrogens with two attached hydrogens (primary N) is 1. The standard InChI is InChI=1S/C25H24N4O5S2/c1-16-11-18(13-19(12-16)36(26,32)33)27-23(30)15-35-25-28-21-9-5-4-8-20(21)24(31)29(25)14-17-7-3-6-10-22(17)34-2/h3-13H,14-15H2,1-2H3,(H,27,30)(H2,26,32,33). The van der Waals surface area contributed by atoms with Gasteiger partial charge in [0.1, 0.15) is 5.75 Å². The first kappa shape index (κ1) is 25.4. The number of carbonyl (C=O) groups is 1. The summed E-state index contributed by atoms with van der Waals surface area (Å²) in [7, 11) is -2.36. The molecule has 4 aromatic rings. The average molecular weight is 525 g/mol. The highest BCUT2D eigenvalue weighted by molar-refractivity contribution is 7.99. The number of primary sulfonamides is 1. The quantitative estimate of drug-likeness (QED) is 0.267. The Bertz CT molecular complexity index is 1620. The first-order valence-corrected chi connectivity index (χ1v) is 13.4. The molecule has 1 amide bonds. The van der Waals surface area contributed by atoms with Crippen LogP contribution in [0.1, 0.15) is 11.1 Å². The van der Waals surface area contributed by atoms with Crippen molar-refractivity contribution in [1.82, 2.24) is 9.55 Å². The number of fused-ring (bicyclic) bond motifs is 1. The maximum absolute atomic E-state index is 13.4. The average Bonchev–Trinajstić information content (AvgIpc) is 2.84. The number of hydrogen-bond acceptors (Lipinski definition) is 7. The third kappa shape index (κ3) is 5.76. The lowest BCUT2D eigenvalue weighted by molar-refractivity contribution is -0.113. The summed E-state index contributed by atoms with van der Waals surface area (Å²) >= 11 is 1.11. The van der Waals surface area contributed by atoms with Gasteiger partial charge in [0.25, 0.3) is 5.56 Å². The van der Waals surface area contributed by atoms with Crippen molar-refractivity contribution in [2.45, 2.75) is 23.5 Å². The summed E-state index contributed by atoms with van der Waals surface area (Å²) in [4.78, 5) is 30.6. The Kier molecular flexibility index (Phi) is 7.43. The van der Waals surface area contributed by atoms with Gasteiger partial charge in [-0.15, -0.1) is 0 Å². The highest BCUT2D eigenvalue weighted by Gasteiger charge is 2.16. The predicted molar refractivity (Wildman–Crippen MR) is 140 cm³/mol. The second-order valence-corrected chi connectivity index (χ2v) is 10.5. The van der Waals surface area contributed by atoms with E-state index in [9.17, 15) is 18.0 Å². The van der Waals surface area contributed by atoms with Crippen LogP contribution in [-0.2, 0) is 21.4 Å². The summed E-state index contributed by atoms with van der Waals surface area (Å²) < 4.78 is 30.4. The van der Waals surface area contributed by atoms with E-state index in [1.54, 1.807) is 44.4 Å². The molecular formula is C25H24N4O5S2. The molecule has 1 aromatic heterocycles. The number of aryl methyl sites for hydroxylation is 1. The lowest BCUT2D eigenvalue weighted by atomic mass is 10.2. The van der Waals surface area contributed by atoms with Crippen molar-refractivity contribution in [3.05, 3.63) is 88.2 Å². The van der Waals surface area contributed by atoms with E-state index in [1.165, 1.54) is 16.7 Å². The highest BCUT2D eigenvalue weighted by Crippen LogP contribution is 2.24. The largest absolute Gasteiger partial charge is 0.496 e. The molecule has 3 N–H and O–H groups in total.